The normalized spacial score (nSPS) is 10.4. The van der Waals surface area contributed by atoms with Gasteiger partial charge in [-0.05, 0) is 12.1 Å². The van der Waals surface area contributed by atoms with Gasteiger partial charge >= 0.3 is 0 Å². The quantitative estimate of drug-likeness (QED) is 0.760. The van der Waals surface area contributed by atoms with Crippen LogP contribution >= 0.6 is 0 Å². The smallest absolute Gasteiger partial charge is 0.292 e. The molecule has 0 saturated heterocycles. The summed E-state index contributed by atoms with van der Waals surface area (Å²) < 4.78 is 31.2. The standard InChI is InChI=1S/C9H6F2N2O/c10-5-2-1-3-6(11)8(5)7-4-13-9(12)14-7/h1-4H,(H2,12,13). The van der Waals surface area contributed by atoms with Crippen LogP contribution in [0.4, 0.5) is 14.8 Å². The van der Waals surface area contributed by atoms with Crippen LogP contribution in [0.15, 0.2) is 28.8 Å². The van der Waals surface area contributed by atoms with Gasteiger partial charge in [-0.3, -0.25) is 0 Å². The van der Waals surface area contributed by atoms with Crippen LogP contribution in [-0.4, -0.2) is 4.98 Å². The molecular weight excluding hydrogens is 190 g/mol. The van der Waals surface area contributed by atoms with Gasteiger partial charge in [0.1, 0.15) is 11.6 Å². The maximum atomic E-state index is 13.2. The maximum absolute atomic E-state index is 13.2. The van der Waals surface area contributed by atoms with Gasteiger partial charge in [0.05, 0.1) is 11.8 Å². The Labute approximate surface area is 78.2 Å². The molecule has 0 fully saturated rings. The molecule has 0 radical (unpaired) electrons. The number of hydrogen-bond acceptors (Lipinski definition) is 3. The molecule has 0 amide bonds. The van der Waals surface area contributed by atoms with E-state index < -0.39 is 11.6 Å². The van der Waals surface area contributed by atoms with Crippen molar-refractivity contribution in [2.75, 3.05) is 5.73 Å². The lowest BCUT2D eigenvalue weighted by molar-refractivity contribution is 0.555. The topological polar surface area (TPSA) is 52.0 Å². The number of rotatable bonds is 1. The molecule has 2 N–H and O–H groups in total. The summed E-state index contributed by atoms with van der Waals surface area (Å²) in [6, 6.07) is 3.42. The average molecular weight is 196 g/mol. The van der Waals surface area contributed by atoms with Crippen LogP contribution in [0.25, 0.3) is 11.3 Å². The number of nitrogen functional groups attached to an aromatic ring is 1. The SMILES string of the molecule is Nc1ncc(-c2c(F)cccc2F)o1. The molecule has 72 valence electrons. The van der Waals surface area contributed by atoms with Crippen molar-refractivity contribution in [2.45, 2.75) is 0 Å². The van der Waals surface area contributed by atoms with Crippen molar-refractivity contribution in [3.05, 3.63) is 36.0 Å². The molecule has 2 aromatic rings. The average Bonchev–Trinajstić information content (AvgIpc) is 2.51. The largest absolute Gasteiger partial charge is 0.424 e. The van der Waals surface area contributed by atoms with Gasteiger partial charge in [-0.1, -0.05) is 6.07 Å². The number of nitrogens with two attached hydrogens (primary N) is 1. The molecule has 1 heterocycles. The van der Waals surface area contributed by atoms with Crippen molar-refractivity contribution in [3.8, 4) is 11.3 Å². The first kappa shape index (κ1) is 8.68. The minimum atomic E-state index is -0.707. The summed E-state index contributed by atoms with van der Waals surface area (Å²) in [6.07, 6.45) is 1.18. The van der Waals surface area contributed by atoms with Gasteiger partial charge in [-0.2, -0.15) is 0 Å². The van der Waals surface area contributed by atoms with Gasteiger partial charge in [0.15, 0.2) is 5.76 Å². The van der Waals surface area contributed by atoms with E-state index in [2.05, 4.69) is 4.98 Å². The van der Waals surface area contributed by atoms with Crippen molar-refractivity contribution in [2.24, 2.45) is 0 Å². The highest BCUT2D eigenvalue weighted by atomic mass is 19.1. The van der Waals surface area contributed by atoms with E-state index in [1.54, 1.807) is 0 Å². The first-order valence-corrected chi connectivity index (χ1v) is 3.84. The predicted octanol–water partition coefficient (Wildman–Crippen LogP) is 2.20. The van der Waals surface area contributed by atoms with Gasteiger partial charge in [-0.25, -0.2) is 13.8 Å². The number of nitrogens with zero attached hydrogens (tertiary/aromatic N) is 1. The number of benzene rings is 1. The Morgan fingerprint density at radius 2 is 1.86 bits per heavy atom. The fourth-order valence-electron chi connectivity index (χ4n) is 1.14. The zero-order valence-electron chi connectivity index (χ0n) is 7.00. The number of anilines is 1. The fourth-order valence-corrected chi connectivity index (χ4v) is 1.14. The van der Waals surface area contributed by atoms with E-state index in [1.807, 2.05) is 0 Å². The number of aromatic nitrogens is 1. The molecule has 0 aliphatic heterocycles. The third-order valence-corrected chi connectivity index (χ3v) is 1.73. The van der Waals surface area contributed by atoms with E-state index in [0.29, 0.717) is 0 Å². The number of hydrogen-bond donors (Lipinski definition) is 1. The molecule has 0 atom stereocenters. The van der Waals surface area contributed by atoms with Crippen LogP contribution < -0.4 is 5.73 Å². The second-order valence-electron chi connectivity index (χ2n) is 2.66. The summed E-state index contributed by atoms with van der Waals surface area (Å²) in [6.45, 7) is 0. The van der Waals surface area contributed by atoms with Crippen LogP contribution in [0, 0.1) is 11.6 Å². The summed E-state index contributed by atoms with van der Waals surface area (Å²) in [5.41, 5.74) is 4.94. The summed E-state index contributed by atoms with van der Waals surface area (Å²) in [4.78, 5) is 3.55. The van der Waals surface area contributed by atoms with E-state index in [9.17, 15) is 8.78 Å². The third kappa shape index (κ3) is 1.32. The molecule has 5 heteroatoms. The predicted molar refractivity (Wildman–Crippen MR) is 46.3 cm³/mol. The second-order valence-corrected chi connectivity index (χ2v) is 2.66. The highest BCUT2D eigenvalue weighted by molar-refractivity contribution is 5.58. The van der Waals surface area contributed by atoms with E-state index >= 15 is 0 Å². The van der Waals surface area contributed by atoms with E-state index in [-0.39, 0.29) is 17.3 Å². The molecular formula is C9H6F2N2O. The van der Waals surface area contributed by atoms with Crippen molar-refractivity contribution in [3.63, 3.8) is 0 Å². The molecule has 0 aliphatic rings. The highest BCUT2D eigenvalue weighted by Gasteiger charge is 2.14. The molecule has 1 aromatic heterocycles. The Hall–Kier alpha value is -1.91. The van der Waals surface area contributed by atoms with Crippen LogP contribution in [0.1, 0.15) is 0 Å². The molecule has 0 unspecified atom stereocenters. The monoisotopic (exact) mass is 196 g/mol. The molecule has 0 aliphatic carbocycles. The Kier molecular flexibility index (Phi) is 1.92. The maximum Gasteiger partial charge on any atom is 0.292 e. The molecule has 2 rings (SSSR count). The zero-order valence-corrected chi connectivity index (χ0v) is 7.00. The number of oxazole rings is 1. The van der Waals surface area contributed by atoms with E-state index in [0.717, 1.165) is 12.1 Å². The molecule has 14 heavy (non-hydrogen) atoms. The molecule has 0 spiro atoms. The van der Waals surface area contributed by atoms with Gasteiger partial charge < -0.3 is 10.2 Å². The Bertz CT molecular complexity index is 447. The van der Waals surface area contributed by atoms with Gasteiger partial charge in [0.2, 0.25) is 0 Å². The van der Waals surface area contributed by atoms with Gasteiger partial charge in [0, 0.05) is 0 Å². The first-order chi connectivity index (χ1) is 6.68. The fraction of sp³-hybridized carbons (Fsp3) is 0. The number of halogens is 2. The molecule has 0 saturated carbocycles. The van der Waals surface area contributed by atoms with Crippen LogP contribution in [0.2, 0.25) is 0 Å². The lowest BCUT2D eigenvalue weighted by atomic mass is 10.1. The lowest BCUT2D eigenvalue weighted by Gasteiger charge is -1.99. The van der Waals surface area contributed by atoms with Crippen LogP contribution in [0.3, 0.4) is 0 Å². The Balaban J connectivity index is 2.61. The lowest BCUT2D eigenvalue weighted by Crippen LogP contribution is -1.87. The van der Waals surface area contributed by atoms with Crippen molar-refractivity contribution in [1.29, 1.82) is 0 Å². The second kappa shape index (κ2) is 3.10. The van der Waals surface area contributed by atoms with Gasteiger partial charge in [0.25, 0.3) is 6.01 Å². The minimum Gasteiger partial charge on any atom is -0.424 e. The van der Waals surface area contributed by atoms with Crippen molar-refractivity contribution in [1.82, 2.24) is 4.98 Å². The first-order valence-electron chi connectivity index (χ1n) is 3.84. The minimum absolute atomic E-state index is 0.0156. The molecule has 1 aromatic carbocycles. The highest BCUT2D eigenvalue weighted by Crippen LogP contribution is 2.26. The van der Waals surface area contributed by atoms with Crippen molar-refractivity contribution >= 4 is 6.01 Å². The molecule has 0 bridgehead atoms. The Morgan fingerprint density at radius 1 is 1.21 bits per heavy atom. The Morgan fingerprint density at radius 3 is 2.36 bits per heavy atom. The van der Waals surface area contributed by atoms with Crippen LogP contribution in [0.5, 0.6) is 0 Å². The zero-order chi connectivity index (χ0) is 10.1. The molecule has 3 nitrogen and oxygen atoms in total. The van der Waals surface area contributed by atoms with Gasteiger partial charge in [-0.15, -0.1) is 0 Å². The third-order valence-electron chi connectivity index (χ3n) is 1.73. The summed E-state index contributed by atoms with van der Waals surface area (Å²) in [7, 11) is 0. The van der Waals surface area contributed by atoms with Crippen molar-refractivity contribution < 1.29 is 13.2 Å². The van der Waals surface area contributed by atoms with Crippen LogP contribution in [-0.2, 0) is 0 Å². The van der Waals surface area contributed by atoms with E-state index in [1.165, 1.54) is 12.3 Å². The van der Waals surface area contributed by atoms with E-state index in [4.69, 9.17) is 10.2 Å². The summed E-state index contributed by atoms with van der Waals surface area (Å²) in [5.74, 6) is -1.43. The summed E-state index contributed by atoms with van der Waals surface area (Å²) >= 11 is 0. The summed E-state index contributed by atoms with van der Waals surface area (Å²) in [5, 5.41) is 0.